The van der Waals surface area contributed by atoms with E-state index in [-0.39, 0.29) is 12.6 Å². The summed E-state index contributed by atoms with van der Waals surface area (Å²) in [5, 5.41) is 16.7. The summed E-state index contributed by atoms with van der Waals surface area (Å²) in [6, 6.07) is 14.3. The molecule has 0 radical (unpaired) electrons. The van der Waals surface area contributed by atoms with Crippen molar-refractivity contribution in [2.75, 3.05) is 46.3 Å². The van der Waals surface area contributed by atoms with E-state index in [4.69, 9.17) is 26.1 Å². The summed E-state index contributed by atoms with van der Waals surface area (Å²) in [6.07, 6.45) is -0.557. The Hall–Kier alpha value is -4.03. The zero-order valence-corrected chi connectivity index (χ0v) is 25.1. The van der Waals surface area contributed by atoms with Crippen molar-refractivity contribution in [1.29, 1.82) is 0 Å². The van der Waals surface area contributed by atoms with Crippen LogP contribution in [-0.4, -0.2) is 90.8 Å². The molecule has 3 N–H and O–H groups in total. The van der Waals surface area contributed by atoms with Gasteiger partial charge in [0, 0.05) is 49.6 Å². The van der Waals surface area contributed by atoms with E-state index in [1.54, 1.807) is 26.3 Å². The summed E-state index contributed by atoms with van der Waals surface area (Å²) in [7, 11) is 4.48. The Morgan fingerprint density at radius 2 is 1.81 bits per heavy atom. The molecular formula is C31H34ClN5O6. The van der Waals surface area contributed by atoms with Crippen molar-refractivity contribution in [2.45, 2.75) is 25.6 Å². The maximum Gasteiger partial charge on any atom is 0.326 e. The molecule has 2 aliphatic rings. The van der Waals surface area contributed by atoms with Crippen LogP contribution < -0.4 is 15.4 Å². The van der Waals surface area contributed by atoms with Crippen molar-refractivity contribution >= 4 is 35.1 Å². The van der Waals surface area contributed by atoms with Gasteiger partial charge in [-0.25, -0.2) is 9.78 Å². The molecule has 0 aliphatic carbocycles. The van der Waals surface area contributed by atoms with Crippen LogP contribution in [0.2, 0.25) is 5.02 Å². The number of aliphatic hydroxyl groups excluding tert-OH is 1. The molecule has 11 nitrogen and oxygen atoms in total. The fourth-order valence-corrected chi connectivity index (χ4v) is 5.66. The van der Waals surface area contributed by atoms with Crippen LogP contribution in [0.4, 0.5) is 10.5 Å². The summed E-state index contributed by atoms with van der Waals surface area (Å²) in [6.45, 7) is 3.07. The number of pyridine rings is 1. The van der Waals surface area contributed by atoms with Gasteiger partial charge in [-0.3, -0.25) is 14.5 Å². The second kappa shape index (κ2) is 12.7. The Balaban J connectivity index is 1.39. The lowest BCUT2D eigenvalue weighted by Gasteiger charge is -2.33. The van der Waals surface area contributed by atoms with Gasteiger partial charge in [-0.15, -0.1) is 0 Å². The molecule has 5 rings (SSSR count). The van der Waals surface area contributed by atoms with Crippen molar-refractivity contribution in [3.8, 4) is 28.3 Å². The number of nitrogens with one attached hydrogen (secondary N) is 2. The molecule has 1 unspecified atom stereocenters. The average molecular weight is 608 g/mol. The Morgan fingerprint density at radius 1 is 1.09 bits per heavy atom. The molecule has 43 heavy (non-hydrogen) atoms. The number of aromatic nitrogens is 1. The number of carbonyl (C=O) groups is 3. The smallest absolute Gasteiger partial charge is 0.326 e. The van der Waals surface area contributed by atoms with Crippen LogP contribution in [0.3, 0.4) is 0 Å². The van der Waals surface area contributed by atoms with Crippen LogP contribution in [-0.2, 0) is 20.9 Å². The van der Waals surface area contributed by atoms with Crippen molar-refractivity contribution in [2.24, 2.45) is 5.92 Å². The van der Waals surface area contributed by atoms with Crippen molar-refractivity contribution in [3.05, 3.63) is 64.7 Å². The fourth-order valence-electron chi connectivity index (χ4n) is 5.34. The molecule has 0 bridgehead atoms. The number of methoxy groups -OCH3 is 1. The number of ether oxygens (including phenoxy) is 2. The molecule has 12 heteroatoms. The van der Waals surface area contributed by atoms with Crippen LogP contribution in [0.25, 0.3) is 22.4 Å². The lowest BCUT2D eigenvalue weighted by atomic mass is 9.96. The maximum absolute atomic E-state index is 13.1. The van der Waals surface area contributed by atoms with E-state index in [0.29, 0.717) is 47.6 Å². The SMILES string of the molecule is COc1nc(-c2cccc(-c3cccc(NC(=O)C4CN(C)C(=O)N(C)C4=O)c3C)c2Cl)ccc1CN[C@@H]1COC[C@@H]1O. The minimum Gasteiger partial charge on any atom is -0.481 e. The van der Waals surface area contributed by atoms with Gasteiger partial charge in [0.2, 0.25) is 17.7 Å². The average Bonchev–Trinajstić information content (AvgIpc) is 3.42. The fraction of sp³-hybridized carbons (Fsp3) is 0.355. The maximum atomic E-state index is 13.1. The second-order valence-corrected chi connectivity index (χ2v) is 11.1. The van der Waals surface area contributed by atoms with Gasteiger partial charge in [-0.2, -0.15) is 0 Å². The summed E-state index contributed by atoms with van der Waals surface area (Å²) in [4.78, 5) is 44.9. The van der Waals surface area contributed by atoms with Gasteiger partial charge < -0.3 is 30.1 Å². The Kier molecular flexibility index (Phi) is 8.97. The van der Waals surface area contributed by atoms with Gasteiger partial charge in [-0.1, -0.05) is 48.0 Å². The molecule has 2 aromatic carbocycles. The summed E-state index contributed by atoms with van der Waals surface area (Å²) >= 11 is 6.98. The number of rotatable bonds is 8. The number of hydrogen-bond donors (Lipinski definition) is 3. The van der Waals surface area contributed by atoms with Gasteiger partial charge in [-0.05, 0) is 30.2 Å². The van der Waals surface area contributed by atoms with Gasteiger partial charge >= 0.3 is 6.03 Å². The van der Waals surface area contributed by atoms with Crippen LogP contribution in [0.15, 0.2) is 48.5 Å². The molecule has 4 amide bonds. The topological polar surface area (TPSA) is 133 Å². The first-order valence-electron chi connectivity index (χ1n) is 13.9. The largest absolute Gasteiger partial charge is 0.481 e. The van der Waals surface area contributed by atoms with Gasteiger partial charge in [0.25, 0.3) is 0 Å². The number of aliphatic hydroxyl groups is 1. The molecule has 1 aromatic heterocycles. The number of carbonyl (C=O) groups excluding carboxylic acids is 3. The van der Waals surface area contributed by atoms with Gasteiger partial charge in [0.15, 0.2) is 0 Å². The number of anilines is 1. The summed E-state index contributed by atoms with van der Waals surface area (Å²) in [5.74, 6) is -1.60. The Morgan fingerprint density at radius 3 is 2.53 bits per heavy atom. The highest BCUT2D eigenvalue weighted by atomic mass is 35.5. The number of nitrogens with zero attached hydrogens (tertiary/aromatic N) is 3. The monoisotopic (exact) mass is 607 g/mol. The molecule has 0 spiro atoms. The first-order chi connectivity index (χ1) is 20.6. The third kappa shape index (κ3) is 6.07. The predicted molar refractivity (Wildman–Crippen MR) is 162 cm³/mol. The summed E-state index contributed by atoms with van der Waals surface area (Å²) < 4.78 is 10.9. The quantitative estimate of drug-likeness (QED) is 0.332. The molecule has 2 fully saturated rings. The minimum atomic E-state index is -1.02. The summed E-state index contributed by atoms with van der Waals surface area (Å²) in [5.41, 5.74) is 5.00. The highest BCUT2D eigenvalue weighted by molar-refractivity contribution is 6.36. The van der Waals surface area contributed by atoms with Gasteiger partial charge in [0.1, 0.15) is 5.92 Å². The number of hydrogen-bond acceptors (Lipinski definition) is 8. The first kappa shape index (κ1) is 30.4. The number of imide groups is 1. The Labute approximate surface area is 254 Å². The molecular weight excluding hydrogens is 574 g/mol. The van der Waals surface area contributed by atoms with E-state index in [1.807, 2.05) is 43.3 Å². The van der Waals surface area contributed by atoms with E-state index in [9.17, 15) is 19.5 Å². The van der Waals surface area contributed by atoms with Gasteiger partial charge in [0.05, 0.1) is 43.2 Å². The van der Waals surface area contributed by atoms with E-state index in [0.717, 1.165) is 27.2 Å². The molecule has 3 aromatic rings. The highest BCUT2D eigenvalue weighted by Crippen LogP contribution is 2.39. The second-order valence-electron chi connectivity index (χ2n) is 10.7. The van der Waals surface area contributed by atoms with Crippen molar-refractivity contribution in [1.82, 2.24) is 20.1 Å². The third-order valence-electron chi connectivity index (χ3n) is 7.91. The molecule has 2 saturated heterocycles. The number of amides is 4. The van der Waals surface area contributed by atoms with Crippen LogP contribution in [0.1, 0.15) is 11.1 Å². The third-order valence-corrected chi connectivity index (χ3v) is 8.32. The number of halogens is 1. The van der Waals surface area contributed by atoms with Crippen molar-refractivity contribution < 1.29 is 29.0 Å². The number of benzene rings is 2. The lowest BCUT2D eigenvalue weighted by Crippen LogP contribution is -2.56. The van der Waals surface area contributed by atoms with Crippen molar-refractivity contribution in [3.63, 3.8) is 0 Å². The van der Waals surface area contributed by atoms with E-state index in [2.05, 4.69) is 10.6 Å². The highest BCUT2D eigenvalue weighted by Gasteiger charge is 2.39. The molecule has 3 heterocycles. The first-order valence-corrected chi connectivity index (χ1v) is 14.2. The standard InChI is InChI=1S/C31H34ClN5O6/c1-17-19(7-6-10-23(17)34-28(39)22-14-36(2)31(41)37(3)30(22)40)20-8-5-9-21(27(20)32)24-12-11-18(29(35-24)42-4)13-33-25-15-43-16-26(25)38/h5-12,22,25-26,33,38H,13-16H2,1-4H3,(H,34,39)/t22?,25-,26+/m1/s1. The minimum absolute atomic E-state index is 0.00270. The Bertz CT molecular complexity index is 1570. The predicted octanol–water partition coefficient (Wildman–Crippen LogP) is 3.31. The molecule has 2 aliphatic heterocycles. The van der Waals surface area contributed by atoms with Crippen LogP contribution in [0.5, 0.6) is 5.88 Å². The zero-order chi connectivity index (χ0) is 30.8. The zero-order valence-electron chi connectivity index (χ0n) is 24.4. The molecule has 0 saturated carbocycles. The van der Waals surface area contributed by atoms with E-state index in [1.165, 1.54) is 11.9 Å². The van der Waals surface area contributed by atoms with Crippen LogP contribution >= 0.6 is 11.6 Å². The van der Waals surface area contributed by atoms with E-state index >= 15 is 0 Å². The number of urea groups is 1. The normalized spacial score (nSPS) is 20.5. The lowest BCUT2D eigenvalue weighted by molar-refractivity contribution is -0.140. The molecule has 226 valence electrons. The molecule has 3 atom stereocenters. The van der Waals surface area contributed by atoms with Crippen LogP contribution in [0, 0.1) is 12.8 Å². The van der Waals surface area contributed by atoms with E-state index < -0.39 is 29.9 Å².